The molecule has 1 fully saturated rings. The van der Waals surface area contributed by atoms with E-state index in [1.165, 1.54) is 0 Å². The lowest BCUT2D eigenvalue weighted by molar-refractivity contribution is -0.00525. The number of aryl methyl sites for hydroxylation is 1. The Kier molecular flexibility index (Phi) is 3.48. The fourth-order valence-electron chi connectivity index (χ4n) is 2.43. The monoisotopic (exact) mass is 233 g/mol. The molecular formula is C14H19NO2. The summed E-state index contributed by atoms with van der Waals surface area (Å²) < 4.78 is 5.71. The molecule has 0 radical (unpaired) electrons. The second kappa shape index (κ2) is 4.88. The van der Waals surface area contributed by atoms with E-state index in [9.17, 15) is 4.79 Å². The lowest BCUT2D eigenvalue weighted by Gasteiger charge is -2.37. The molecule has 0 saturated carbocycles. The van der Waals surface area contributed by atoms with Crippen LogP contribution in [0, 0.1) is 6.92 Å². The summed E-state index contributed by atoms with van der Waals surface area (Å²) in [5, 5.41) is 0. The molecule has 0 bridgehead atoms. The summed E-state index contributed by atoms with van der Waals surface area (Å²) in [4.78, 5) is 13.4. The molecule has 3 nitrogen and oxygen atoms in total. The molecule has 1 aromatic rings. The minimum absolute atomic E-state index is 0.208. The Morgan fingerprint density at radius 1 is 1.29 bits per heavy atom. The van der Waals surface area contributed by atoms with E-state index in [1.54, 1.807) is 0 Å². The van der Waals surface area contributed by atoms with Crippen molar-refractivity contribution in [2.45, 2.75) is 33.0 Å². The fraction of sp³-hybridized carbons (Fsp3) is 0.500. The Morgan fingerprint density at radius 3 is 2.53 bits per heavy atom. The molecule has 1 aliphatic rings. The summed E-state index contributed by atoms with van der Waals surface area (Å²) in [6.45, 7) is 7.82. The number of aldehydes is 1. The third kappa shape index (κ3) is 2.67. The number of hydrogen-bond donors (Lipinski definition) is 0. The molecule has 3 heteroatoms. The average molecular weight is 233 g/mol. The number of hydrogen-bond acceptors (Lipinski definition) is 3. The third-order valence-corrected chi connectivity index (χ3v) is 3.07. The van der Waals surface area contributed by atoms with Gasteiger partial charge in [0.05, 0.1) is 12.2 Å². The van der Waals surface area contributed by atoms with Gasteiger partial charge in [0, 0.05) is 24.3 Å². The molecule has 0 spiro atoms. The maximum Gasteiger partial charge on any atom is 0.152 e. The molecular weight excluding hydrogens is 214 g/mol. The first-order valence-corrected chi connectivity index (χ1v) is 6.06. The van der Waals surface area contributed by atoms with Gasteiger partial charge in [0.25, 0.3) is 0 Å². The molecule has 92 valence electrons. The van der Waals surface area contributed by atoms with E-state index in [2.05, 4.69) is 18.7 Å². The van der Waals surface area contributed by atoms with Gasteiger partial charge in [0.1, 0.15) is 0 Å². The highest BCUT2D eigenvalue weighted by Gasteiger charge is 2.23. The predicted octanol–water partition coefficient (Wildman–Crippen LogP) is 2.42. The van der Waals surface area contributed by atoms with Crippen LogP contribution in [-0.2, 0) is 4.74 Å². The number of rotatable bonds is 2. The summed E-state index contributed by atoms with van der Waals surface area (Å²) in [5.74, 6) is 0. The zero-order valence-corrected chi connectivity index (χ0v) is 10.6. The summed E-state index contributed by atoms with van der Waals surface area (Å²) in [7, 11) is 0. The highest BCUT2D eigenvalue weighted by atomic mass is 16.5. The van der Waals surface area contributed by atoms with Gasteiger partial charge in [-0.1, -0.05) is 11.6 Å². The van der Waals surface area contributed by atoms with Gasteiger partial charge in [-0.2, -0.15) is 0 Å². The van der Waals surface area contributed by atoms with Crippen molar-refractivity contribution in [3.63, 3.8) is 0 Å². The minimum Gasteiger partial charge on any atom is -0.372 e. The highest BCUT2D eigenvalue weighted by molar-refractivity contribution is 5.85. The van der Waals surface area contributed by atoms with Crippen LogP contribution >= 0.6 is 0 Å². The van der Waals surface area contributed by atoms with Gasteiger partial charge >= 0.3 is 0 Å². The van der Waals surface area contributed by atoms with Crippen LogP contribution in [0.1, 0.15) is 29.8 Å². The van der Waals surface area contributed by atoms with Gasteiger partial charge in [-0.05, 0) is 32.9 Å². The molecule has 0 aromatic heterocycles. The smallest absolute Gasteiger partial charge is 0.152 e. The molecule has 2 rings (SSSR count). The normalized spacial score (nSPS) is 24.8. The van der Waals surface area contributed by atoms with Crippen molar-refractivity contribution in [3.8, 4) is 0 Å². The zero-order valence-electron chi connectivity index (χ0n) is 10.6. The van der Waals surface area contributed by atoms with Gasteiger partial charge in [-0.3, -0.25) is 4.79 Å². The molecule has 1 aromatic carbocycles. The summed E-state index contributed by atoms with van der Waals surface area (Å²) in [6.07, 6.45) is 1.35. The predicted molar refractivity (Wildman–Crippen MR) is 68.8 cm³/mol. The van der Waals surface area contributed by atoms with Gasteiger partial charge in [-0.25, -0.2) is 0 Å². The second-order valence-corrected chi connectivity index (χ2v) is 4.84. The maximum absolute atomic E-state index is 11.1. The Balaban J connectivity index is 2.29. The Hall–Kier alpha value is -1.35. The molecule has 0 aliphatic carbocycles. The van der Waals surface area contributed by atoms with Crippen molar-refractivity contribution in [1.82, 2.24) is 0 Å². The average Bonchev–Trinajstić information content (AvgIpc) is 2.27. The first kappa shape index (κ1) is 12.1. The van der Waals surface area contributed by atoms with Crippen LogP contribution in [0.15, 0.2) is 18.2 Å². The summed E-state index contributed by atoms with van der Waals surface area (Å²) in [5.41, 5.74) is 2.91. The lowest BCUT2D eigenvalue weighted by Crippen LogP contribution is -2.45. The molecule has 0 N–H and O–H groups in total. The van der Waals surface area contributed by atoms with Crippen molar-refractivity contribution in [2.24, 2.45) is 0 Å². The number of carbonyl (C=O) groups is 1. The quantitative estimate of drug-likeness (QED) is 0.735. The van der Waals surface area contributed by atoms with Crippen LogP contribution in [0.2, 0.25) is 0 Å². The first-order chi connectivity index (χ1) is 8.10. The van der Waals surface area contributed by atoms with Crippen LogP contribution in [-0.4, -0.2) is 31.6 Å². The van der Waals surface area contributed by atoms with Crippen molar-refractivity contribution in [1.29, 1.82) is 0 Å². The Bertz CT molecular complexity index is 407. The van der Waals surface area contributed by atoms with Crippen molar-refractivity contribution >= 4 is 12.0 Å². The molecule has 2 unspecified atom stereocenters. The number of morpholine rings is 1. The van der Waals surface area contributed by atoms with E-state index in [1.807, 2.05) is 25.1 Å². The van der Waals surface area contributed by atoms with Crippen LogP contribution in [0.25, 0.3) is 0 Å². The fourth-order valence-corrected chi connectivity index (χ4v) is 2.43. The number of benzene rings is 1. The van der Waals surface area contributed by atoms with Gasteiger partial charge in [0.2, 0.25) is 0 Å². The molecule has 0 amide bonds. The summed E-state index contributed by atoms with van der Waals surface area (Å²) in [6, 6.07) is 6.02. The van der Waals surface area contributed by atoms with Gasteiger partial charge < -0.3 is 9.64 Å². The number of nitrogens with zero attached hydrogens (tertiary/aromatic N) is 1. The van der Waals surface area contributed by atoms with Gasteiger partial charge in [-0.15, -0.1) is 0 Å². The van der Waals surface area contributed by atoms with Crippen LogP contribution in [0.3, 0.4) is 0 Å². The Morgan fingerprint density at radius 2 is 1.94 bits per heavy atom. The van der Waals surface area contributed by atoms with Crippen LogP contribution in [0.4, 0.5) is 5.69 Å². The highest BCUT2D eigenvalue weighted by Crippen LogP contribution is 2.24. The largest absolute Gasteiger partial charge is 0.372 e. The van der Waals surface area contributed by atoms with E-state index < -0.39 is 0 Å². The number of carbonyl (C=O) groups excluding carboxylic acids is 1. The molecule has 17 heavy (non-hydrogen) atoms. The standard InChI is InChI=1S/C14H19NO2/c1-10-4-5-14(13(6-10)9-16)15-7-11(2)17-12(3)8-15/h4-6,9,11-12H,7-8H2,1-3H3. The third-order valence-electron chi connectivity index (χ3n) is 3.07. The van der Waals surface area contributed by atoms with E-state index in [0.717, 1.165) is 36.2 Å². The molecule has 1 heterocycles. The maximum atomic E-state index is 11.1. The Labute approximate surface area is 102 Å². The first-order valence-electron chi connectivity index (χ1n) is 6.06. The SMILES string of the molecule is Cc1ccc(N2CC(C)OC(C)C2)c(C=O)c1. The van der Waals surface area contributed by atoms with E-state index in [0.29, 0.717) is 0 Å². The zero-order chi connectivity index (χ0) is 12.4. The molecule has 1 aliphatic heterocycles. The summed E-state index contributed by atoms with van der Waals surface area (Å²) >= 11 is 0. The lowest BCUT2D eigenvalue weighted by atomic mass is 10.1. The van der Waals surface area contributed by atoms with E-state index in [4.69, 9.17) is 4.74 Å². The van der Waals surface area contributed by atoms with Crippen LogP contribution in [0.5, 0.6) is 0 Å². The van der Waals surface area contributed by atoms with Gasteiger partial charge in [0.15, 0.2) is 6.29 Å². The second-order valence-electron chi connectivity index (χ2n) is 4.84. The van der Waals surface area contributed by atoms with E-state index >= 15 is 0 Å². The molecule has 1 saturated heterocycles. The molecule has 2 atom stereocenters. The van der Waals surface area contributed by atoms with Crippen molar-refractivity contribution in [2.75, 3.05) is 18.0 Å². The van der Waals surface area contributed by atoms with Crippen molar-refractivity contribution in [3.05, 3.63) is 29.3 Å². The van der Waals surface area contributed by atoms with Crippen molar-refractivity contribution < 1.29 is 9.53 Å². The topological polar surface area (TPSA) is 29.5 Å². The number of ether oxygens (including phenoxy) is 1. The van der Waals surface area contributed by atoms with E-state index in [-0.39, 0.29) is 12.2 Å². The minimum atomic E-state index is 0.208. The number of anilines is 1. The van der Waals surface area contributed by atoms with Crippen LogP contribution < -0.4 is 4.90 Å².